The Morgan fingerprint density at radius 2 is 1.76 bits per heavy atom. The standard InChI is InChI=1S/C18H18N2O/c1-13(2)15-9-7-14(8-10-15)12-20-18(21)17-6-4-3-5-16(17)11-19-20/h3-11,13H,12H2,1-2H3. The fourth-order valence-corrected chi connectivity index (χ4v) is 2.42. The zero-order valence-corrected chi connectivity index (χ0v) is 12.3. The number of nitrogens with zero attached hydrogens (tertiary/aromatic N) is 2. The van der Waals surface area contributed by atoms with Crippen LogP contribution in [-0.4, -0.2) is 9.78 Å². The zero-order valence-electron chi connectivity index (χ0n) is 12.3. The average Bonchev–Trinajstić information content (AvgIpc) is 2.51. The fraction of sp³-hybridized carbons (Fsp3) is 0.222. The third-order valence-corrected chi connectivity index (χ3v) is 3.74. The molecule has 0 bridgehead atoms. The molecule has 2 aromatic carbocycles. The van der Waals surface area contributed by atoms with E-state index in [9.17, 15) is 4.79 Å². The van der Waals surface area contributed by atoms with Crippen LogP contribution in [0.5, 0.6) is 0 Å². The van der Waals surface area contributed by atoms with Crippen LogP contribution in [-0.2, 0) is 6.54 Å². The van der Waals surface area contributed by atoms with Crippen molar-refractivity contribution in [2.75, 3.05) is 0 Å². The van der Waals surface area contributed by atoms with Crippen molar-refractivity contribution in [2.24, 2.45) is 0 Å². The SMILES string of the molecule is CC(C)c1ccc(Cn2ncc3ccccc3c2=O)cc1. The molecule has 106 valence electrons. The molecule has 0 N–H and O–H groups in total. The van der Waals surface area contributed by atoms with Crippen LogP contribution in [0.2, 0.25) is 0 Å². The topological polar surface area (TPSA) is 34.9 Å². The van der Waals surface area contributed by atoms with Crippen molar-refractivity contribution < 1.29 is 0 Å². The summed E-state index contributed by atoms with van der Waals surface area (Å²) in [5.74, 6) is 0.514. The summed E-state index contributed by atoms with van der Waals surface area (Å²) < 4.78 is 1.52. The number of aromatic nitrogens is 2. The van der Waals surface area contributed by atoms with Gasteiger partial charge in [-0.1, -0.05) is 56.3 Å². The highest BCUT2D eigenvalue weighted by atomic mass is 16.1. The first-order valence-corrected chi connectivity index (χ1v) is 7.19. The van der Waals surface area contributed by atoms with Gasteiger partial charge in [0.1, 0.15) is 0 Å². The summed E-state index contributed by atoms with van der Waals surface area (Å²) in [7, 11) is 0. The van der Waals surface area contributed by atoms with E-state index in [2.05, 4.69) is 43.2 Å². The minimum absolute atomic E-state index is 0.0407. The summed E-state index contributed by atoms with van der Waals surface area (Å²) in [6.07, 6.45) is 1.75. The van der Waals surface area contributed by atoms with Crippen molar-refractivity contribution in [3.8, 4) is 0 Å². The van der Waals surface area contributed by atoms with E-state index >= 15 is 0 Å². The van der Waals surface area contributed by atoms with E-state index in [-0.39, 0.29) is 5.56 Å². The molecule has 1 aromatic heterocycles. The molecule has 0 amide bonds. The average molecular weight is 278 g/mol. The Labute approximate surface area is 123 Å². The maximum absolute atomic E-state index is 12.4. The molecule has 0 aliphatic rings. The molecule has 1 heterocycles. The van der Waals surface area contributed by atoms with E-state index in [0.29, 0.717) is 17.8 Å². The second-order valence-corrected chi connectivity index (χ2v) is 5.59. The lowest BCUT2D eigenvalue weighted by atomic mass is 10.0. The Kier molecular flexibility index (Phi) is 3.57. The second kappa shape index (κ2) is 5.52. The highest BCUT2D eigenvalue weighted by Crippen LogP contribution is 2.15. The molecule has 0 saturated carbocycles. The van der Waals surface area contributed by atoms with Gasteiger partial charge in [0.25, 0.3) is 5.56 Å². The van der Waals surface area contributed by atoms with E-state index < -0.39 is 0 Å². The van der Waals surface area contributed by atoms with Crippen LogP contribution in [0, 0.1) is 0 Å². The number of hydrogen-bond acceptors (Lipinski definition) is 2. The molecule has 3 nitrogen and oxygen atoms in total. The van der Waals surface area contributed by atoms with Gasteiger partial charge in [-0.3, -0.25) is 4.79 Å². The summed E-state index contributed by atoms with van der Waals surface area (Å²) >= 11 is 0. The molecule has 0 aliphatic heterocycles. The molecular formula is C18H18N2O. The number of hydrogen-bond donors (Lipinski definition) is 0. The molecule has 0 radical (unpaired) electrons. The quantitative estimate of drug-likeness (QED) is 0.734. The Bertz CT molecular complexity index is 816. The molecule has 0 unspecified atom stereocenters. The van der Waals surface area contributed by atoms with Gasteiger partial charge in [-0.2, -0.15) is 5.10 Å². The van der Waals surface area contributed by atoms with Crippen LogP contribution in [0.15, 0.2) is 59.5 Å². The van der Waals surface area contributed by atoms with Gasteiger partial charge in [-0.25, -0.2) is 4.68 Å². The Morgan fingerprint density at radius 1 is 1.05 bits per heavy atom. The van der Waals surface area contributed by atoms with Crippen LogP contribution in [0.25, 0.3) is 10.8 Å². The fourth-order valence-electron chi connectivity index (χ4n) is 2.42. The van der Waals surface area contributed by atoms with Gasteiger partial charge in [0, 0.05) is 5.39 Å². The third kappa shape index (κ3) is 2.72. The van der Waals surface area contributed by atoms with Crippen molar-refractivity contribution in [3.05, 3.63) is 76.2 Å². The molecule has 3 aromatic rings. The first-order chi connectivity index (χ1) is 10.1. The zero-order chi connectivity index (χ0) is 14.8. The Hall–Kier alpha value is -2.42. The van der Waals surface area contributed by atoms with Crippen LogP contribution < -0.4 is 5.56 Å². The van der Waals surface area contributed by atoms with E-state index in [4.69, 9.17) is 0 Å². The summed E-state index contributed by atoms with van der Waals surface area (Å²) in [4.78, 5) is 12.4. The molecule has 21 heavy (non-hydrogen) atoms. The highest BCUT2D eigenvalue weighted by molar-refractivity contribution is 5.80. The lowest BCUT2D eigenvalue weighted by Crippen LogP contribution is -2.23. The van der Waals surface area contributed by atoms with Crippen molar-refractivity contribution in [1.82, 2.24) is 9.78 Å². The number of fused-ring (bicyclic) bond motifs is 1. The minimum atomic E-state index is -0.0407. The van der Waals surface area contributed by atoms with Crippen molar-refractivity contribution in [3.63, 3.8) is 0 Å². The normalized spacial score (nSPS) is 11.2. The monoisotopic (exact) mass is 278 g/mol. The van der Waals surface area contributed by atoms with Gasteiger partial charge in [0.15, 0.2) is 0 Å². The smallest absolute Gasteiger partial charge is 0.267 e. The van der Waals surface area contributed by atoms with Crippen molar-refractivity contribution in [2.45, 2.75) is 26.3 Å². The van der Waals surface area contributed by atoms with Crippen molar-refractivity contribution in [1.29, 1.82) is 0 Å². The lowest BCUT2D eigenvalue weighted by Gasteiger charge is -2.08. The van der Waals surface area contributed by atoms with E-state index in [1.165, 1.54) is 10.2 Å². The predicted molar refractivity (Wildman–Crippen MR) is 85.6 cm³/mol. The molecule has 0 fully saturated rings. The first kappa shape index (κ1) is 13.6. The van der Waals surface area contributed by atoms with Crippen molar-refractivity contribution >= 4 is 10.8 Å². The Balaban J connectivity index is 1.94. The molecular weight excluding hydrogens is 260 g/mol. The molecule has 0 saturated heterocycles. The molecule has 0 aliphatic carbocycles. The first-order valence-electron chi connectivity index (χ1n) is 7.19. The molecule has 0 atom stereocenters. The summed E-state index contributed by atoms with van der Waals surface area (Å²) in [6.45, 7) is 4.84. The summed E-state index contributed by atoms with van der Waals surface area (Å²) in [5.41, 5.74) is 2.35. The minimum Gasteiger partial charge on any atom is -0.267 e. The van der Waals surface area contributed by atoms with E-state index in [1.54, 1.807) is 6.20 Å². The largest absolute Gasteiger partial charge is 0.274 e. The van der Waals surface area contributed by atoms with Crippen LogP contribution >= 0.6 is 0 Å². The number of benzene rings is 2. The third-order valence-electron chi connectivity index (χ3n) is 3.74. The highest BCUT2D eigenvalue weighted by Gasteiger charge is 2.05. The summed E-state index contributed by atoms with van der Waals surface area (Å²) in [6, 6.07) is 15.9. The predicted octanol–water partition coefficient (Wildman–Crippen LogP) is 3.57. The van der Waals surface area contributed by atoms with Gasteiger partial charge in [0.05, 0.1) is 18.1 Å². The van der Waals surface area contributed by atoms with E-state index in [1.807, 2.05) is 24.3 Å². The van der Waals surface area contributed by atoms with Gasteiger partial charge >= 0.3 is 0 Å². The lowest BCUT2D eigenvalue weighted by molar-refractivity contribution is 0.647. The van der Waals surface area contributed by atoms with E-state index in [0.717, 1.165) is 10.9 Å². The van der Waals surface area contributed by atoms with Crippen LogP contribution in [0.4, 0.5) is 0 Å². The van der Waals surface area contributed by atoms with Gasteiger partial charge < -0.3 is 0 Å². The maximum atomic E-state index is 12.4. The Morgan fingerprint density at radius 3 is 2.48 bits per heavy atom. The second-order valence-electron chi connectivity index (χ2n) is 5.59. The van der Waals surface area contributed by atoms with Crippen LogP contribution in [0.3, 0.4) is 0 Å². The van der Waals surface area contributed by atoms with Gasteiger partial charge in [0.2, 0.25) is 0 Å². The molecule has 3 rings (SSSR count). The summed E-state index contributed by atoms with van der Waals surface area (Å²) in [5, 5.41) is 5.86. The van der Waals surface area contributed by atoms with Gasteiger partial charge in [-0.15, -0.1) is 0 Å². The van der Waals surface area contributed by atoms with Gasteiger partial charge in [-0.05, 0) is 23.1 Å². The maximum Gasteiger partial charge on any atom is 0.274 e. The molecule has 0 spiro atoms. The van der Waals surface area contributed by atoms with Crippen LogP contribution in [0.1, 0.15) is 30.9 Å². The molecule has 3 heteroatoms. The number of rotatable bonds is 3.